The fraction of sp³-hybridized carbons (Fsp3) is 0.556. The Kier molecular flexibility index (Phi) is 6.88. The molecule has 1 aromatic rings. The summed E-state index contributed by atoms with van der Waals surface area (Å²) in [5, 5.41) is 3.16. The van der Waals surface area contributed by atoms with E-state index in [1.54, 1.807) is 6.07 Å². The van der Waals surface area contributed by atoms with Crippen LogP contribution in [-0.4, -0.2) is 43.6 Å². The second-order valence-electron chi connectivity index (χ2n) is 6.15. The molecule has 0 spiro atoms. The maximum atomic E-state index is 12.8. The number of guanidine groups is 1. The van der Waals surface area contributed by atoms with Crippen molar-refractivity contribution in [2.75, 3.05) is 26.7 Å². The topological polar surface area (TPSA) is 53.9 Å². The zero-order valence-electron chi connectivity index (χ0n) is 15.0. The fourth-order valence-electron chi connectivity index (χ4n) is 2.93. The molecule has 8 heteroatoms. The number of nitrogens with one attached hydrogen (secondary N) is 1. The van der Waals surface area contributed by atoms with Crippen molar-refractivity contribution in [3.05, 3.63) is 35.4 Å². The Balaban J connectivity index is 2.05. The molecule has 1 N–H and O–H groups in total. The molecule has 26 heavy (non-hydrogen) atoms. The van der Waals surface area contributed by atoms with Crippen LogP contribution in [0.3, 0.4) is 0 Å². The van der Waals surface area contributed by atoms with Crippen molar-refractivity contribution in [1.82, 2.24) is 10.2 Å². The van der Waals surface area contributed by atoms with Gasteiger partial charge in [-0.05, 0) is 37.5 Å². The van der Waals surface area contributed by atoms with E-state index in [1.807, 2.05) is 11.8 Å². The average Bonchev–Trinajstić information content (AvgIpc) is 2.64. The standard InChI is InChI=1S/C18H24F3N3O2/c1-3-22-17(24-9-7-14(8-10-24)16(25)26-2)23-12-13-5-4-6-15(11-13)18(19,20)21/h4-6,11,14H,3,7-10,12H2,1-2H3,(H,22,23). The van der Waals surface area contributed by atoms with Gasteiger partial charge in [0.2, 0.25) is 0 Å². The van der Waals surface area contributed by atoms with Crippen molar-refractivity contribution in [1.29, 1.82) is 0 Å². The number of hydrogen-bond donors (Lipinski definition) is 1. The largest absolute Gasteiger partial charge is 0.469 e. The SMILES string of the molecule is CCNC(=NCc1cccc(C(F)(F)F)c1)N1CCC(C(=O)OC)CC1. The summed E-state index contributed by atoms with van der Waals surface area (Å²) in [6, 6.07) is 5.20. The van der Waals surface area contributed by atoms with Crippen LogP contribution in [0, 0.1) is 5.92 Å². The Morgan fingerprint density at radius 3 is 2.62 bits per heavy atom. The Bertz CT molecular complexity index is 639. The summed E-state index contributed by atoms with van der Waals surface area (Å²) in [4.78, 5) is 18.1. The van der Waals surface area contributed by atoms with Crippen molar-refractivity contribution >= 4 is 11.9 Å². The van der Waals surface area contributed by atoms with Gasteiger partial charge in [0.15, 0.2) is 5.96 Å². The van der Waals surface area contributed by atoms with Crippen molar-refractivity contribution in [2.24, 2.45) is 10.9 Å². The molecule has 1 aliphatic heterocycles. The second-order valence-corrected chi connectivity index (χ2v) is 6.15. The van der Waals surface area contributed by atoms with E-state index in [0.29, 0.717) is 44.0 Å². The third-order valence-corrected chi connectivity index (χ3v) is 4.33. The number of piperidine rings is 1. The van der Waals surface area contributed by atoms with E-state index in [0.717, 1.165) is 12.1 Å². The molecule has 0 unspecified atom stereocenters. The van der Waals surface area contributed by atoms with Crippen molar-refractivity contribution < 1.29 is 22.7 Å². The summed E-state index contributed by atoms with van der Waals surface area (Å²) in [7, 11) is 1.38. The molecule has 144 valence electrons. The number of hydrogen-bond acceptors (Lipinski definition) is 3. The zero-order chi connectivity index (χ0) is 19.2. The van der Waals surface area contributed by atoms with E-state index in [9.17, 15) is 18.0 Å². The fourth-order valence-corrected chi connectivity index (χ4v) is 2.93. The summed E-state index contributed by atoms with van der Waals surface area (Å²) in [5.74, 6) is 0.339. The monoisotopic (exact) mass is 371 g/mol. The van der Waals surface area contributed by atoms with Gasteiger partial charge in [0.1, 0.15) is 0 Å². The van der Waals surface area contributed by atoms with Crippen molar-refractivity contribution in [2.45, 2.75) is 32.5 Å². The number of likely N-dealkylation sites (tertiary alicyclic amines) is 1. The lowest BCUT2D eigenvalue weighted by Crippen LogP contribution is -2.46. The number of rotatable bonds is 4. The molecule has 0 atom stereocenters. The molecule has 0 aromatic heterocycles. The van der Waals surface area contributed by atoms with E-state index < -0.39 is 11.7 Å². The predicted octanol–water partition coefficient (Wildman–Crippen LogP) is 3.06. The van der Waals surface area contributed by atoms with Crippen LogP contribution in [0.5, 0.6) is 0 Å². The first-order chi connectivity index (χ1) is 12.3. The molecule has 1 aliphatic rings. The molecule has 1 heterocycles. The van der Waals surface area contributed by atoms with Crippen molar-refractivity contribution in [3.8, 4) is 0 Å². The minimum absolute atomic E-state index is 0.109. The van der Waals surface area contributed by atoms with Gasteiger partial charge in [-0.1, -0.05) is 12.1 Å². The van der Waals surface area contributed by atoms with Gasteiger partial charge in [-0.3, -0.25) is 4.79 Å². The Labute approximate surface area is 151 Å². The van der Waals surface area contributed by atoms with Crippen LogP contribution in [0.4, 0.5) is 13.2 Å². The Hall–Kier alpha value is -2.25. The first-order valence-electron chi connectivity index (χ1n) is 8.62. The van der Waals surface area contributed by atoms with Crippen LogP contribution in [0.1, 0.15) is 30.9 Å². The number of carbonyl (C=O) groups excluding carboxylic acids is 1. The number of alkyl halides is 3. The van der Waals surface area contributed by atoms with Crippen LogP contribution in [-0.2, 0) is 22.3 Å². The summed E-state index contributed by atoms with van der Waals surface area (Å²) < 4.78 is 43.2. The van der Waals surface area contributed by atoms with Gasteiger partial charge in [-0.2, -0.15) is 13.2 Å². The molecule has 5 nitrogen and oxygen atoms in total. The number of halogens is 3. The molecule has 1 saturated heterocycles. The van der Waals surface area contributed by atoms with Crippen molar-refractivity contribution in [3.63, 3.8) is 0 Å². The number of benzene rings is 1. The minimum atomic E-state index is -4.36. The highest BCUT2D eigenvalue weighted by molar-refractivity contribution is 5.80. The Morgan fingerprint density at radius 1 is 1.35 bits per heavy atom. The number of ether oxygens (including phenoxy) is 1. The zero-order valence-corrected chi connectivity index (χ0v) is 15.0. The van der Waals surface area contributed by atoms with Gasteiger partial charge >= 0.3 is 12.1 Å². The van der Waals surface area contributed by atoms with Gasteiger partial charge in [0, 0.05) is 19.6 Å². The minimum Gasteiger partial charge on any atom is -0.469 e. The van der Waals surface area contributed by atoms with Gasteiger partial charge in [0.25, 0.3) is 0 Å². The van der Waals surface area contributed by atoms with Crippen LogP contribution < -0.4 is 5.32 Å². The highest BCUT2D eigenvalue weighted by atomic mass is 19.4. The van der Waals surface area contributed by atoms with Crippen LogP contribution in [0.15, 0.2) is 29.3 Å². The summed E-state index contributed by atoms with van der Waals surface area (Å²) in [6.07, 6.45) is -3.03. The molecular weight excluding hydrogens is 347 g/mol. The molecular formula is C18H24F3N3O2. The molecule has 0 aliphatic carbocycles. The summed E-state index contributed by atoms with van der Waals surface area (Å²) in [6.45, 7) is 4.03. The molecule has 0 amide bonds. The van der Waals surface area contributed by atoms with E-state index in [-0.39, 0.29) is 18.4 Å². The van der Waals surface area contributed by atoms with Gasteiger partial charge in [0.05, 0.1) is 25.1 Å². The second kappa shape index (κ2) is 8.91. The molecule has 1 fully saturated rings. The smallest absolute Gasteiger partial charge is 0.416 e. The van der Waals surface area contributed by atoms with E-state index >= 15 is 0 Å². The first kappa shape index (κ1) is 20.1. The molecule has 0 saturated carbocycles. The van der Waals surface area contributed by atoms with Crippen LogP contribution >= 0.6 is 0 Å². The van der Waals surface area contributed by atoms with Crippen LogP contribution in [0.2, 0.25) is 0 Å². The van der Waals surface area contributed by atoms with E-state index in [1.165, 1.54) is 13.2 Å². The number of aliphatic imine (C=N–C) groups is 1. The van der Waals surface area contributed by atoms with Crippen LogP contribution in [0.25, 0.3) is 0 Å². The maximum absolute atomic E-state index is 12.8. The predicted molar refractivity (Wildman–Crippen MR) is 92.6 cm³/mol. The number of esters is 1. The molecule has 1 aromatic carbocycles. The summed E-state index contributed by atoms with van der Waals surface area (Å²) >= 11 is 0. The number of methoxy groups -OCH3 is 1. The number of carbonyl (C=O) groups is 1. The first-order valence-corrected chi connectivity index (χ1v) is 8.62. The van der Waals surface area contributed by atoms with Gasteiger partial charge < -0.3 is 15.0 Å². The molecule has 0 radical (unpaired) electrons. The molecule has 2 rings (SSSR count). The Morgan fingerprint density at radius 2 is 2.04 bits per heavy atom. The highest BCUT2D eigenvalue weighted by Gasteiger charge is 2.30. The van der Waals surface area contributed by atoms with E-state index in [2.05, 4.69) is 10.3 Å². The lowest BCUT2D eigenvalue weighted by Gasteiger charge is -2.33. The average molecular weight is 371 g/mol. The highest BCUT2D eigenvalue weighted by Crippen LogP contribution is 2.29. The molecule has 0 bridgehead atoms. The van der Waals surface area contributed by atoms with Gasteiger partial charge in [-0.25, -0.2) is 4.99 Å². The van der Waals surface area contributed by atoms with Gasteiger partial charge in [-0.15, -0.1) is 0 Å². The third kappa shape index (κ3) is 5.37. The third-order valence-electron chi connectivity index (χ3n) is 4.33. The van der Waals surface area contributed by atoms with E-state index in [4.69, 9.17) is 4.74 Å². The normalized spacial score (nSPS) is 16.5. The summed E-state index contributed by atoms with van der Waals surface area (Å²) in [5.41, 5.74) is -0.172. The number of nitrogens with zero attached hydrogens (tertiary/aromatic N) is 2. The lowest BCUT2D eigenvalue weighted by molar-refractivity contribution is -0.146. The maximum Gasteiger partial charge on any atom is 0.416 e. The quantitative estimate of drug-likeness (QED) is 0.502. The lowest BCUT2D eigenvalue weighted by atomic mass is 9.97.